The Morgan fingerprint density at radius 3 is 2.60 bits per heavy atom. The Bertz CT molecular complexity index is 1710. The van der Waals surface area contributed by atoms with Gasteiger partial charge in [0.1, 0.15) is 5.75 Å². The Labute approximate surface area is 294 Å². The van der Waals surface area contributed by atoms with Gasteiger partial charge in [-0.3, -0.25) is 19.2 Å². The van der Waals surface area contributed by atoms with Crippen LogP contribution in [-0.4, -0.2) is 95.7 Å². The number of aryl methyl sites for hydroxylation is 1. The Morgan fingerprint density at radius 1 is 1.10 bits per heavy atom. The third-order valence-electron chi connectivity index (χ3n) is 10.5. The summed E-state index contributed by atoms with van der Waals surface area (Å²) in [5.41, 5.74) is 2.81. The molecule has 13 nitrogen and oxygen atoms in total. The van der Waals surface area contributed by atoms with Crippen molar-refractivity contribution < 1.29 is 34.1 Å². The van der Waals surface area contributed by atoms with Gasteiger partial charge in [0.25, 0.3) is 5.91 Å². The van der Waals surface area contributed by atoms with Crippen molar-refractivity contribution >= 4 is 37.2 Å². The minimum absolute atomic E-state index is 0.0153. The molecule has 1 saturated heterocycles. The Kier molecular flexibility index (Phi) is 10.5. The van der Waals surface area contributed by atoms with E-state index in [1.54, 1.807) is 27.7 Å². The SMILES string of the molecule is CCOc1ccc2c(c1)CC(NCCCCO)C(=O)N2c1ccc2c(c1)[C@]1(O[C@@H](CCn3cc(CCO)nn3)[C@H]([Si](C)(C)O)[C@H]1C)C(=O)N2C. The number of nitrogens with one attached hydrogen (secondary N) is 1. The lowest BCUT2D eigenvalue weighted by molar-refractivity contribution is -0.145. The molecule has 50 heavy (non-hydrogen) atoms. The van der Waals surface area contributed by atoms with Crippen LogP contribution in [0.2, 0.25) is 18.6 Å². The van der Waals surface area contributed by atoms with Crippen LogP contribution in [0.5, 0.6) is 5.75 Å². The van der Waals surface area contributed by atoms with Gasteiger partial charge in [-0.15, -0.1) is 5.10 Å². The van der Waals surface area contributed by atoms with Gasteiger partial charge in [0.15, 0.2) is 13.9 Å². The molecule has 1 unspecified atom stereocenters. The standard InChI is InChI=1S/C36H50N6O7Si/c1-6-48-27-10-12-30-24(19-27)20-29(37-15-7-8-17-43)34(45)42(30)26-9-11-31-28(21-26)36(35(46)40(31)3)23(2)33(50(4,5)47)32(49-36)13-16-41-22-25(14-18-44)38-39-41/h9-12,19,21-23,29,32-33,37,43-44,47H,6-8,13-18,20H2,1-5H3/t23-,29?,32+,33-,36+/m1/s1. The van der Waals surface area contributed by atoms with Gasteiger partial charge in [0, 0.05) is 62.1 Å². The van der Waals surface area contributed by atoms with Gasteiger partial charge in [0.05, 0.1) is 35.8 Å². The molecular weight excluding hydrogens is 657 g/mol. The number of hydrogen-bond acceptors (Lipinski definition) is 10. The fourth-order valence-corrected chi connectivity index (χ4v) is 10.8. The smallest absolute Gasteiger partial charge is 0.264 e. The lowest BCUT2D eigenvalue weighted by Crippen LogP contribution is -2.49. The number of likely N-dealkylation sites (N-methyl/N-ethyl adjacent to an activating group) is 1. The van der Waals surface area contributed by atoms with Crippen molar-refractivity contribution in [2.75, 3.05) is 43.2 Å². The number of ether oxygens (including phenoxy) is 2. The van der Waals surface area contributed by atoms with Crippen molar-refractivity contribution in [1.29, 1.82) is 0 Å². The molecule has 4 N–H and O–H groups in total. The minimum atomic E-state index is -2.88. The Morgan fingerprint density at radius 2 is 1.88 bits per heavy atom. The van der Waals surface area contributed by atoms with Crippen LogP contribution in [0.15, 0.2) is 42.6 Å². The first-order valence-corrected chi connectivity index (χ1v) is 20.7. The number of unbranched alkanes of at least 4 members (excludes halogenated alkanes) is 1. The average molecular weight is 707 g/mol. The number of aliphatic hydroxyl groups is 2. The van der Waals surface area contributed by atoms with Gasteiger partial charge in [-0.1, -0.05) is 12.1 Å². The Hall–Kier alpha value is -3.66. The van der Waals surface area contributed by atoms with E-state index in [4.69, 9.17) is 9.47 Å². The molecular formula is C36H50N6O7Si. The number of hydrogen-bond donors (Lipinski definition) is 4. The maximum absolute atomic E-state index is 14.4. The van der Waals surface area contributed by atoms with E-state index in [9.17, 15) is 24.6 Å². The minimum Gasteiger partial charge on any atom is -0.494 e. The molecule has 14 heteroatoms. The number of anilines is 3. The maximum atomic E-state index is 14.4. The molecule has 6 rings (SSSR count). The second kappa shape index (κ2) is 14.5. The molecule has 4 heterocycles. The number of nitrogens with zero attached hydrogens (tertiary/aromatic N) is 5. The third-order valence-corrected chi connectivity index (χ3v) is 13.0. The molecule has 3 aliphatic heterocycles. The van der Waals surface area contributed by atoms with Crippen LogP contribution >= 0.6 is 0 Å². The molecule has 3 aromatic rings. The maximum Gasteiger partial charge on any atom is 0.264 e. The number of aliphatic hydroxyl groups excluding tert-OH is 2. The van der Waals surface area contributed by atoms with Crippen LogP contribution in [0.3, 0.4) is 0 Å². The number of carbonyl (C=O) groups excluding carboxylic acids is 2. The molecule has 0 radical (unpaired) electrons. The topological polar surface area (TPSA) is 163 Å². The van der Waals surface area contributed by atoms with E-state index < -0.39 is 26.1 Å². The summed E-state index contributed by atoms with van der Waals surface area (Å²) < 4.78 is 14.5. The Balaban J connectivity index is 1.38. The fraction of sp³-hybridized carbons (Fsp3) is 0.556. The molecule has 3 aliphatic rings. The number of rotatable bonds is 14. The first-order valence-electron chi connectivity index (χ1n) is 17.7. The molecule has 2 amide bonds. The van der Waals surface area contributed by atoms with Crippen LogP contribution in [0, 0.1) is 5.92 Å². The van der Waals surface area contributed by atoms with Gasteiger partial charge in [-0.05, 0) is 94.2 Å². The zero-order valence-electron chi connectivity index (χ0n) is 29.6. The summed E-state index contributed by atoms with van der Waals surface area (Å²) in [5, 5.41) is 30.3. The third kappa shape index (κ3) is 6.48. The zero-order valence-corrected chi connectivity index (χ0v) is 30.6. The van der Waals surface area contributed by atoms with Gasteiger partial charge in [-0.2, -0.15) is 0 Å². The second-order valence-electron chi connectivity index (χ2n) is 14.2. The molecule has 1 fully saturated rings. The number of carbonyl (C=O) groups is 2. The highest BCUT2D eigenvalue weighted by atomic mass is 28.4. The highest BCUT2D eigenvalue weighted by Gasteiger charge is 2.65. The van der Waals surface area contributed by atoms with E-state index in [0.29, 0.717) is 68.0 Å². The highest BCUT2D eigenvalue weighted by Crippen LogP contribution is 2.60. The molecule has 0 aliphatic carbocycles. The van der Waals surface area contributed by atoms with E-state index in [-0.39, 0.29) is 36.5 Å². The number of fused-ring (bicyclic) bond motifs is 3. The first-order chi connectivity index (χ1) is 23.9. The van der Waals surface area contributed by atoms with E-state index >= 15 is 0 Å². The number of benzene rings is 2. The molecule has 0 bridgehead atoms. The summed E-state index contributed by atoms with van der Waals surface area (Å²) in [6.45, 7) is 9.39. The first kappa shape index (κ1) is 36.1. The van der Waals surface area contributed by atoms with E-state index in [2.05, 4.69) is 15.6 Å². The highest BCUT2D eigenvalue weighted by molar-refractivity contribution is 6.71. The van der Waals surface area contributed by atoms with Crippen molar-refractivity contribution in [2.24, 2.45) is 5.92 Å². The lowest BCUT2D eigenvalue weighted by Gasteiger charge is -2.36. The van der Waals surface area contributed by atoms with Gasteiger partial charge in [0.2, 0.25) is 5.91 Å². The van der Waals surface area contributed by atoms with Crippen molar-refractivity contribution in [3.05, 3.63) is 59.4 Å². The van der Waals surface area contributed by atoms with Crippen LogP contribution in [0.4, 0.5) is 17.1 Å². The van der Waals surface area contributed by atoms with Crippen molar-refractivity contribution in [3.63, 3.8) is 0 Å². The molecule has 270 valence electrons. The van der Waals surface area contributed by atoms with Crippen molar-refractivity contribution in [3.8, 4) is 5.75 Å². The van der Waals surface area contributed by atoms with Gasteiger partial charge < -0.3 is 34.7 Å². The normalized spacial score (nSPS) is 24.7. The van der Waals surface area contributed by atoms with Crippen LogP contribution in [-0.2, 0) is 39.3 Å². The van der Waals surface area contributed by atoms with Crippen LogP contribution in [0.1, 0.15) is 49.9 Å². The van der Waals surface area contributed by atoms with E-state index in [0.717, 1.165) is 23.4 Å². The number of aromatic nitrogens is 3. The predicted molar refractivity (Wildman–Crippen MR) is 191 cm³/mol. The van der Waals surface area contributed by atoms with Crippen molar-refractivity contribution in [1.82, 2.24) is 20.3 Å². The quantitative estimate of drug-likeness (QED) is 0.145. The van der Waals surface area contributed by atoms with Crippen molar-refractivity contribution in [2.45, 2.75) is 88.9 Å². The summed E-state index contributed by atoms with van der Waals surface area (Å²) in [7, 11) is -1.13. The molecule has 1 spiro atoms. The molecule has 0 saturated carbocycles. The lowest BCUT2D eigenvalue weighted by atomic mass is 9.82. The molecule has 2 aromatic carbocycles. The predicted octanol–water partition coefficient (Wildman–Crippen LogP) is 3.03. The second-order valence-corrected chi connectivity index (χ2v) is 18.2. The summed E-state index contributed by atoms with van der Waals surface area (Å²) in [6, 6.07) is 11.0. The van der Waals surface area contributed by atoms with Gasteiger partial charge >= 0.3 is 0 Å². The monoisotopic (exact) mass is 706 g/mol. The van der Waals surface area contributed by atoms with E-state index in [1.165, 1.54) is 0 Å². The van der Waals surface area contributed by atoms with Gasteiger partial charge in [-0.25, -0.2) is 0 Å². The fourth-order valence-electron chi connectivity index (χ4n) is 8.24. The summed E-state index contributed by atoms with van der Waals surface area (Å²) in [6.07, 6.45) is 4.17. The zero-order chi connectivity index (χ0) is 35.8. The average Bonchev–Trinajstić information content (AvgIpc) is 3.72. The molecule has 5 atom stereocenters. The number of amides is 2. The molecule has 1 aromatic heterocycles. The van der Waals surface area contributed by atoms with Crippen LogP contribution in [0.25, 0.3) is 0 Å². The summed E-state index contributed by atoms with van der Waals surface area (Å²) in [4.78, 5) is 43.7. The largest absolute Gasteiger partial charge is 0.494 e. The van der Waals surface area contributed by atoms with E-state index in [1.807, 2.05) is 63.3 Å². The summed E-state index contributed by atoms with van der Waals surface area (Å²) >= 11 is 0. The summed E-state index contributed by atoms with van der Waals surface area (Å²) in [5.74, 6) is 0.0800. The van der Waals surface area contributed by atoms with Crippen LogP contribution < -0.4 is 19.9 Å².